The number of rotatable bonds is 2. The minimum absolute atomic E-state index is 0.0880. The molecule has 2 fully saturated rings. The number of carbonyl (C=O) groups excluding carboxylic acids is 1. The second kappa shape index (κ2) is 5.80. The fraction of sp³-hybridized carbons (Fsp3) is 0.562. The summed E-state index contributed by atoms with van der Waals surface area (Å²) in [5, 5.41) is 0.513. The van der Waals surface area contributed by atoms with Gasteiger partial charge in [0, 0.05) is 17.3 Å². The van der Waals surface area contributed by atoms with Crippen LogP contribution in [0.2, 0.25) is 0 Å². The second-order valence-corrected chi connectivity index (χ2v) is 7.11. The number of halogens is 3. The zero-order valence-electron chi connectivity index (χ0n) is 12.3. The molecule has 0 N–H and O–H groups in total. The highest BCUT2D eigenvalue weighted by Crippen LogP contribution is 2.41. The van der Waals surface area contributed by atoms with Crippen molar-refractivity contribution < 1.29 is 18.0 Å². The van der Waals surface area contributed by atoms with Crippen LogP contribution in [0.5, 0.6) is 0 Å². The highest BCUT2D eigenvalue weighted by molar-refractivity contribution is 7.99. The summed E-state index contributed by atoms with van der Waals surface area (Å²) in [4.78, 5) is 14.5. The van der Waals surface area contributed by atoms with Gasteiger partial charge in [-0.25, -0.2) is 0 Å². The van der Waals surface area contributed by atoms with Crippen molar-refractivity contribution in [2.24, 2.45) is 0 Å². The number of nitrogens with zero attached hydrogens (tertiary/aromatic N) is 1. The highest BCUT2D eigenvalue weighted by atomic mass is 32.2. The summed E-state index contributed by atoms with van der Waals surface area (Å²) in [6.45, 7) is 0. The molecule has 2 bridgehead atoms. The molecule has 2 heterocycles. The number of alkyl halides is 3. The van der Waals surface area contributed by atoms with Crippen LogP contribution in [0.25, 0.3) is 0 Å². The van der Waals surface area contributed by atoms with Gasteiger partial charge in [0.05, 0.1) is 11.1 Å². The molecule has 0 aliphatic carbocycles. The van der Waals surface area contributed by atoms with Crippen LogP contribution in [-0.2, 0) is 6.18 Å². The van der Waals surface area contributed by atoms with E-state index in [4.69, 9.17) is 0 Å². The van der Waals surface area contributed by atoms with Gasteiger partial charge in [-0.15, -0.1) is 0 Å². The van der Waals surface area contributed by atoms with E-state index in [1.807, 2.05) is 0 Å². The quantitative estimate of drug-likeness (QED) is 0.810. The summed E-state index contributed by atoms with van der Waals surface area (Å²) >= 11 is 1.79. The molecule has 1 aromatic rings. The van der Waals surface area contributed by atoms with Gasteiger partial charge in [-0.3, -0.25) is 4.79 Å². The molecule has 0 aromatic heterocycles. The first-order chi connectivity index (χ1) is 10.4. The Labute approximate surface area is 132 Å². The Morgan fingerprint density at radius 2 is 1.77 bits per heavy atom. The summed E-state index contributed by atoms with van der Waals surface area (Å²) in [5.74, 6) is -0.458. The van der Waals surface area contributed by atoms with Gasteiger partial charge in [-0.1, -0.05) is 12.1 Å². The number of amides is 1. The first-order valence-electron chi connectivity index (χ1n) is 7.43. The lowest BCUT2D eigenvalue weighted by molar-refractivity contribution is -0.138. The van der Waals surface area contributed by atoms with Gasteiger partial charge in [-0.05, 0) is 44.1 Å². The van der Waals surface area contributed by atoms with Gasteiger partial charge in [0.15, 0.2) is 0 Å². The average molecular weight is 329 g/mol. The van der Waals surface area contributed by atoms with E-state index in [1.165, 1.54) is 18.2 Å². The number of carbonyl (C=O) groups is 1. The molecule has 2 aliphatic heterocycles. The molecule has 0 radical (unpaired) electrons. The number of benzene rings is 1. The van der Waals surface area contributed by atoms with Crippen LogP contribution in [-0.4, -0.2) is 34.4 Å². The fourth-order valence-electron chi connectivity index (χ4n) is 3.71. The van der Waals surface area contributed by atoms with Crippen molar-refractivity contribution in [1.29, 1.82) is 0 Å². The third-order valence-corrected chi connectivity index (χ3v) is 5.77. The Kier molecular flexibility index (Phi) is 4.14. The summed E-state index contributed by atoms with van der Waals surface area (Å²) in [7, 11) is 0. The smallest absolute Gasteiger partial charge is 0.333 e. The molecule has 22 heavy (non-hydrogen) atoms. The molecule has 1 amide bonds. The lowest BCUT2D eigenvalue weighted by Crippen LogP contribution is -2.47. The molecule has 2 saturated heterocycles. The number of fused-ring (bicyclic) bond motifs is 2. The van der Waals surface area contributed by atoms with E-state index in [-0.39, 0.29) is 17.6 Å². The molecular weight excluding hydrogens is 311 g/mol. The molecule has 120 valence electrons. The zero-order chi connectivity index (χ0) is 15.9. The second-order valence-electron chi connectivity index (χ2n) is 5.97. The van der Waals surface area contributed by atoms with Crippen molar-refractivity contribution in [3.63, 3.8) is 0 Å². The molecule has 1 unspecified atom stereocenters. The molecule has 3 atom stereocenters. The SMILES string of the molecule is CSC1C[C@H]2CC[C@@H](C1)N2C(=O)c1ccccc1C(F)(F)F. The third-order valence-electron chi connectivity index (χ3n) is 4.72. The number of thioether (sulfide) groups is 1. The summed E-state index contributed by atoms with van der Waals surface area (Å²) in [6, 6.07) is 5.29. The first kappa shape index (κ1) is 15.7. The van der Waals surface area contributed by atoms with E-state index in [2.05, 4.69) is 6.26 Å². The summed E-state index contributed by atoms with van der Waals surface area (Å²) in [6.07, 6.45) is 1.14. The molecule has 3 rings (SSSR count). The highest BCUT2D eigenvalue weighted by Gasteiger charge is 2.45. The zero-order valence-corrected chi connectivity index (χ0v) is 13.1. The normalized spacial score (nSPS) is 28.0. The monoisotopic (exact) mass is 329 g/mol. The van der Waals surface area contributed by atoms with Crippen LogP contribution in [0, 0.1) is 0 Å². The van der Waals surface area contributed by atoms with Crippen LogP contribution < -0.4 is 0 Å². The van der Waals surface area contributed by atoms with E-state index in [9.17, 15) is 18.0 Å². The Hall–Kier alpha value is -1.17. The van der Waals surface area contributed by atoms with Crippen molar-refractivity contribution in [1.82, 2.24) is 4.90 Å². The lowest BCUT2D eigenvalue weighted by Gasteiger charge is -2.38. The predicted molar refractivity (Wildman–Crippen MR) is 81.0 cm³/mol. The maximum atomic E-state index is 13.1. The standard InChI is InChI=1S/C16H18F3NOS/c1-22-12-8-10-6-7-11(9-12)20(10)15(21)13-4-2-3-5-14(13)16(17,18)19/h2-5,10-12H,6-9H2,1H3/t10-,11+,12?. The van der Waals surface area contributed by atoms with Crippen LogP contribution in [0.15, 0.2) is 24.3 Å². The molecule has 2 nitrogen and oxygen atoms in total. The summed E-state index contributed by atoms with van der Waals surface area (Å²) < 4.78 is 39.4. The number of hydrogen-bond acceptors (Lipinski definition) is 2. The lowest BCUT2D eigenvalue weighted by atomic mass is 9.99. The maximum absolute atomic E-state index is 13.1. The van der Waals surface area contributed by atoms with E-state index in [0.717, 1.165) is 31.7 Å². The molecule has 0 saturated carbocycles. The number of piperidine rings is 1. The van der Waals surface area contributed by atoms with Crippen molar-refractivity contribution in [2.45, 2.75) is 49.2 Å². The van der Waals surface area contributed by atoms with Gasteiger partial charge in [0.1, 0.15) is 0 Å². The van der Waals surface area contributed by atoms with Crippen molar-refractivity contribution in [2.75, 3.05) is 6.26 Å². The largest absolute Gasteiger partial charge is 0.417 e. The van der Waals surface area contributed by atoms with Crippen LogP contribution in [0.4, 0.5) is 13.2 Å². The third kappa shape index (κ3) is 2.73. The van der Waals surface area contributed by atoms with Gasteiger partial charge in [-0.2, -0.15) is 24.9 Å². The molecule has 2 aliphatic rings. The van der Waals surface area contributed by atoms with E-state index < -0.39 is 17.6 Å². The van der Waals surface area contributed by atoms with E-state index in [0.29, 0.717) is 5.25 Å². The molecule has 6 heteroatoms. The predicted octanol–water partition coefficient (Wildman–Crippen LogP) is 4.20. The van der Waals surface area contributed by atoms with Crippen LogP contribution in [0.3, 0.4) is 0 Å². The van der Waals surface area contributed by atoms with Crippen molar-refractivity contribution >= 4 is 17.7 Å². The Morgan fingerprint density at radius 1 is 1.18 bits per heavy atom. The van der Waals surface area contributed by atoms with Gasteiger partial charge in [0.25, 0.3) is 5.91 Å². The average Bonchev–Trinajstić information content (AvgIpc) is 2.75. The fourth-order valence-corrected chi connectivity index (χ4v) is 4.54. The Morgan fingerprint density at radius 3 is 2.32 bits per heavy atom. The minimum atomic E-state index is -4.50. The summed E-state index contributed by atoms with van der Waals surface area (Å²) in [5.41, 5.74) is -1.04. The van der Waals surface area contributed by atoms with Gasteiger partial charge in [0.2, 0.25) is 0 Å². The van der Waals surface area contributed by atoms with Crippen LogP contribution >= 0.6 is 11.8 Å². The topological polar surface area (TPSA) is 20.3 Å². The Balaban J connectivity index is 1.90. The molecular formula is C16H18F3NOS. The van der Waals surface area contributed by atoms with Gasteiger partial charge < -0.3 is 4.90 Å². The van der Waals surface area contributed by atoms with E-state index in [1.54, 1.807) is 16.7 Å². The van der Waals surface area contributed by atoms with E-state index >= 15 is 0 Å². The first-order valence-corrected chi connectivity index (χ1v) is 8.72. The van der Waals surface area contributed by atoms with Crippen LogP contribution in [0.1, 0.15) is 41.6 Å². The van der Waals surface area contributed by atoms with Crippen molar-refractivity contribution in [3.8, 4) is 0 Å². The minimum Gasteiger partial charge on any atom is -0.333 e. The molecule has 0 spiro atoms. The molecule has 1 aromatic carbocycles. The number of hydrogen-bond donors (Lipinski definition) is 0. The maximum Gasteiger partial charge on any atom is 0.417 e. The van der Waals surface area contributed by atoms with Gasteiger partial charge >= 0.3 is 6.18 Å². The Bertz CT molecular complexity index is 561. The van der Waals surface area contributed by atoms with Crippen molar-refractivity contribution in [3.05, 3.63) is 35.4 Å².